The predicted octanol–water partition coefficient (Wildman–Crippen LogP) is 7.46. The summed E-state index contributed by atoms with van der Waals surface area (Å²) in [5.74, 6) is -8.94. The molecule has 0 aromatic rings. The maximum atomic E-state index is 14.2. The molecule has 12 saturated heterocycles. The van der Waals surface area contributed by atoms with Crippen LogP contribution in [0.4, 0.5) is 0 Å². The van der Waals surface area contributed by atoms with E-state index in [0.29, 0.717) is 41.9 Å². The van der Waals surface area contributed by atoms with Gasteiger partial charge in [0.1, 0.15) is 0 Å². The summed E-state index contributed by atoms with van der Waals surface area (Å²) in [6.07, 6.45) is 0.00844. The van der Waals surface area contributed by atoms with Gasteiger partial charge in [-0.15, -0.1) is 0 Å². The molecule has 15 fully saturated rings. The Balaban J connectivity index is 0.708. The molecule has 3 spiro atoms. The summed E-state index contributed by atoms with van der Waals surface area (Å²) in [7, 11) is 0. The average molecular weight is 1120 g/mol. The zero-order chi connectivity index (χ0) is 55.8. The largest absolute Gasteiger partial charge is 0.435 e. The third-order valence-corrected chi connectivity index (χ3v) is 21.4. The number of rotatable bonds is 12. The molecule has 0 aromatic carbocycles. The Morgan fingerprint density at radius 3 is 0.937 bits per heavy atom. The van der Waals surface area contributed by atoms with Crippen molar-refractivity contribution in [1.82, 2.24) is 4.90 Å². The standard InChI is InChI=1S/C57H81NO21/c1-28-10-13-37-31(4)46(68-49-55(37)34(28)22-25-52(7,71-49)74-77-55)65-43(62)19-16-40(59)58(41(60)17-20-44(63)66-47-32(5)38-14-11-29(2)35-23-26-53(8)72-50(69-47)56(35,38)78-75-53)42(61)18-21-45(64)67-48-33(6)39-15-12-30(3)36-24-27-54(9)73-51(70-48)57(36,39)79-76-54/h28-39,46-51H,10-27H2,1-9H3/t28-,29-,30-,31-,32-,33-,34+,35+,36+,37+,38+,39+,46-,47-,48?,49-,50-,51-,52?,53?,54?,55-,56-,57-/m1/s1. The van der Waals surface area contributed by atoms with Crippen LogP contribution < -0.4 is 0 Å². The second-order valence-electron chi connectivity index (χ2n) is 26.3. The first kappa shape index (κ1) is 56.2. The highest BCUT2D eigenvalue weighted by molar-refractivity contribution is 6.11. The third-order valence-electron chi connectivity index (χ3n) is 21.4. The Morgan fingerprint density at radius 2 is 0.658 bits per heavy atom. The van der Waals surface area contributed by atoms with Crippen molar-refractivity contribution in [2.45, 2.75) is 250 Å². The van der Waals surface area contributed by atoms with Gasteiger partial charge in [0.2, 0.25) is 54.0 Å². The molecule has 22 nitrogen and oxygen atoms in total. The van der Waals surface area contributed by atoms with Gasteiger partial charge in [0.15, 0.2) is 35.7 Å². The third kappa shape index (κ3) is 9.25. The second kappa shape index (κ2) is 20.5. The molecule has 440 valence electrons. The molecule has 79 heavy (non-hydrogen) atoms. The number of ether oxygens (including phenoxy) is 9. The zero-order valence-corrected chi connectivity index (χ0v) is 47.1. The van der Waals surface area contributed by atoms with Crippen LogP contribution in [0.25, 0.3) is 0 Å². The average Bonchev–Trinajstić information content (AvgIpc) is 2.74. The lowest BCUT2D eigenvalue weighted by Crippen LogP contribution is -2.70. The summed E-state index contributed by atoms with van der Waals surface area (Å²) >= 11 is 0. The Bertz CT molecular complexity index is 2170. The van der Waals surface area contributed by atoms with Gasteiger partial charge in [0.05, 0.1) is 19.3 Å². The van der Waals surface area contributed by atoms with Gasteiger partial charge >= 0.3 is 17.9 Å². The normalized spacial score (nSPS) is 49.8. The maximum absolute atomic E-state index is 14.2. The maximum Gasteiger partial charge on any atom is 0.308 e. The van der Waals surface area contributed by atoms with Crippen LogP contribution in [0.15, 0.2) is 0 Å². The van der Waals surface area contributed by atoms with E-state index in [1.165, 1.54) is 0 Å². The highest BCUT2D eigenvalue weighted by Gasteiger charge is 2.73. The van der Waals surface area contributed by atoms with E-state index in [1.807, 2.05) is 20.8 Å². The summed E-state index contributed by atoms with van der Waals surface area (Å²) in [4.78, 5) is 121. The minimum atomic E-state index is -1.06. The number of fused-ring (bicyclic) bond motifs is 6. The van der Waals surface area contributed by atoms with Gasteiger partial charge in [-0.1, -0.05) is 41.5 Å². The van der Waals surface area contributed by atoms with Gasteiger partial charge in [0.25, 0.3) is 0 Å². The summed E-state index contributed by atoms with van der Waals surface area (Å²) in [5, 5.41) is 0. The van der Waals surface area contributed by atoms with Gasteiger partial charge < -0.3 is 42.6 Å². The van der Waals surface area contributed by atoms with E-state index in [4.69, 9.17) is 72.0 Å². The molecule has 3 saturated carbocycles. The van der Waals surface area contributed by atoms with Crippen LogP contribution in [0.1, 0.15) is 178 Å². The first-order valence-electron chi connectivity index (χ1n) is 29.6. The number of hydrogen-bond donors (Lipinski definition) is 0. The predicted molar refractivity (Wildman–Crippen MR) is 263 cm³/mol. The van der Waals surface area contributed by atoms with Crippen molar-refractivity contribution < 1.29 is 101 Å². The van der Waals surface area contributed by atoms with E-state index >= 15 is 0 Å². The van der Waals surface area contributed by atoms with Crippen molar-refractivity contribution in [3.63, 3.8) is 0 Å². The number of carbonyl (C=O) groups is 6. The Morgan fingerprint density at radius 1 is 0.380 bits per heavy atom. The van der Waals surface area contributed by atoms with Crippen LogP contribution in [-0.2, 0) is 101 Å². The summed E-state index contributed by atoms with van der Waals surface area (Å²) in [6, 6.07) is 0. The highest BCUT2D eigenvalue weighted by Crippen LogP contribution is 2.64. The van der Waals surface area contributed by atoms with Gasteiger partial charge in [-0.2, -0.15) is 0 Å². The number of amides is 3. The van der Waals surface area contributed by atoms with Crippen LogP contribution in [0.3, 0.4) is 0 Å². The second-order valence-corrected chi connectivity index (χ2v) is 26.3. The van der Waals surface area contributed by atoms with Crippen molar-refractivity contribution in [2.24, 2.45) is 71.0 Å². The Kier molecular flexibility index (Phi) is 14.6. The van der Waals surface area contributed by atoms with Crippen molar-refractivity contribution in [3.05, 3.63) is 0 Å². The minimum Gasteiger partial charge on any atom is -0.435 e. The van der Waals surface area contributed by atoms with Crippen molar-refractivity contribution in [1.29, 1.82) is 0 Å². The van der Waals surface area contributed by atoms with E-state index in [9.17, 15) is 28.8 Å². The monoisotopic (exact) mass is 1120 g/mol. The molecule has 3 aliphatic carbocycles. The van der Waals surface area contributed by atoms with Crippen LogP contribution in [0, 0.1) is 71.0 Å². The Labute approximate surface area is 460 Å². The number of imide groups is 3. The molecule has 0 aromatic heterocycles. The first-order chi connectivity index (χ1) is 37.5. The van der Waals surface area contributed by atoms with E-state index in [1.54, 1.807) is 20.8 Å². The van der Waals surface area contributed by atoms with E-state index in [0.717, 1.165) is 57.8 Å². The topological polar surface area (TPSA) is 244 Å². The lowest BCUT2D eigenvalue weighted by Gasteiger charge is -2.59. The molecule has 12 aliphatic heterocycles. The van der Waals surface area contributed by atoms with Crippen molar-refractivity contribution in [3.8, 4) is 0 Å². The quantitative estimate of drug-likeness (QED) is 0.105. The molecule has 4 unspecified atom stereocenters. The molecule has 0 radical (unpaired) electrons. The molecule has 22 heteroatoms. The number of esters is 3. The van der Waals surface area contributed by atoms with E-state index < -0.39 is 146 Å². The molecular weight excluding hydrogens is 1030 g/mol. The Hall–Kier alpha value is -3.26. The molecular formula is C57H81NO21. The van der Waals surface area contributed by atoms with Crippen LogP contribution in [-0.4, -0.2) is 112 Å². The summed E-state index contributed by atoms with van der Waals surface area (Å²) in [6.45, 7) is 17.7. The van der Waals surface area contributed by atoms with Gasteiger partial charge in [-0.3, -0.25) is 28.8 Å². The SMILES string of the molecule is C[C@H]1[C@H](OC(=O)CCC(=O)N(C(=O)CCC(=O)OC2O[C@@H]3OC4(C)CC[C@H]5[C@H](C)CC[C@@H]([C@H]2C)[C@@]35OO4)C(=O)CCC(=O)O[C@@H]2O[C@@H]3OC4(C)CC[C@H]5[C@H](C)CC[C@@H]([C@H]2C)[C@@]35OO4)O[C@@H]2OC3(C)CC[C@H]4[C@H](C)CC[C@@H]1[C@@]24OO3. The molecule has 12 heterocycles. The lowest BCUT2D eigenvalue weighted by atomic mass is 9.58. The minimum absolute atomic E-state index is 0.0863. The van der Waals surface area contributed by atoms with E-state index in [2.05, 4.69) is 20.8 Å². The van der Waals surface area contributed by atoms with Crippen LogP contribution in [0.2, 0.25) is 0 Å². The zero-order valence-electron chi connectivity index (χ0n) is 47.1. The van der Waals surface area contributed by atoms with Gasteiger partial charge in [-0.25, -0.2) is 34.2 Å². The smallest absolute Gasteiger partial charge is 0.308 e. The van der Waals surface area contributed by atoms with E-state index in [-0.39, 0.29) is 53.3 Å². The molecule has 15 rings (SSSR count). The lowest BCUT2D eigenvalue weighted by molar-refractivity contribution is -0.576. The molecule has 24 atom stereocenters. The fourth-order valence-electron chi connectivity index (χ4n) is 17.0. The molecule has 15 aliphatic rings. The number of carbonyl (C=O) groups excluding carboxylic acids is 6. The molecule has 6 bridgehead atoms. The first-order valence-corrected chi connectivity index (χ1v) is 29.6. The summed E-state index contributed by atoms with van der Waals surface area (Å²) < 4.78 is 56.3. The van der Waals surface area contributed by atoms with Crippen LogP contribution >= 0.6 is 0 Å². The van der Waals surface area contributed by atoms with Crippen LogP contribution in [0.5, 0.6) is 0 Å². The van der Waals surface area contributed by atoms with Crippen molar-refractivity contribution >= 4 is 35.6 Å². The fraction of sp³-hybridized carbons (Fsp3) is 0.895. The fourth-order valence-corrected chi connectivity index (χ4v) is 17.0. The van der Waals surface area contributed by atoms with Gasteiger partial charge in [0, 0.05) is 74.0 Å². The van der Waals surface area contributed by atoms with Gasteiger partial charge in [-0.05, 0) is 114 Å². The molecule has 3 amide bonds. The number of hydrogen-bond acceptors (Lipinski definition) is 21. The van der Waals surface area contributed by atoms with Crippen molar-refractivity contribution in [2.75, 3.05) is 0 Å². The number of nitrogens with zero attached hydrogens (tertiary/aromatic N) is 1. The summed E-state index contributed by atoms with van der Waals surface area (Å²) in [5.41, 5.74) is -2.68. The molecule has 0 N–H and O–H groups in total. The highest BCUT2D eigenvalue weighted by atomic mass is 17.3.